The molecule has 0 fully saturated rings. The summed E-state index contributed by atoms with van der Waals surface area (Å²) in [5, 5.41) is 3.41. The number of aryl methyl sites for hydroxylation is 1. The Bertz CT molecular complexity index is 539. The van der Waals surface area contributed by atoms with Crippen molar-refractivity contribution in [3.63, 3.8) is 0 Å². The molecule has 0 bridgehead atoms. The summed E-state index contributed by atoms with van der Waals surface area (Å²) in [4.78, 5) is 2.58. The van der Waals surface area contributed by atoms with E-state index in [0.717, 1.165) is 12.1 Å². The Labute approximate surface area is 121 Å². The molecule has 1 heterocycles. The lowest BCUT2D eigenvalue weighted by atomic mass is 10.1. The Morgan fingerprint density at radius 2 is 1.85 bits per heavy atom. The van der Waals surface area contributed by atoms with Crippen LogP contribution >= 0.6 is 11.3 Å². The van der Waals surface area contributed by atoms with Crippen LogP contribution in [0.1, 0.15) is 28.3 Å². The second-order valence-electron chi connectivity index (χ2n) is 4.56. The predicted molar refractivity (Wildman–Crippen MR) is 77.4 cm³/mol. The molecule has 2 aromatic rings. The standard InChI is InChI=1S/C15H17F2NOS/c1-10-3-8-14(20-10)9-18-11(2)12-4-6-13(7-5-12)19-15(16)17/h3-8,11,15,18H,9H2,1-2H3. The van der Waals surface area contributed by atoms with Crippen LogP contribution in [0.5, 0.6) is 5.75 Å². The highest BCUT2D eigenvalue weighted by atomic mass is 32.1. The Morgan fingerprint density at radius 3 is 2.40 bits per heavy atom. The Morgan fingerprint density at radius 1 is 1.15 bits per heavy atom. The molecule has 0 aliphatic carbocycles. The molecular formula is C15H17F2NOS. The molecule has 0 saturated carbocycles. The molecule has 2 nitrogen and oxygen atoms in total. The van der Waals surface area contributed by atoms with Crippen molar-refractivity contribution in [2.45, 2.75) is 33.0 Å². The van der Waals surface area contributed by atoms with E-state index >= 15 is 0 Å². The van der Waals surface area contributed by atoms with Gasteiger partial charge in [-0.15, -0.1) is 11.3 Å². The Balaban J connectivity index is 1.90. The average Bonchev–Trinajstić information content (AvgIpc) is 2.82. The largest absolute Gasteiger partial charge is 0.435 e. The fraction of sp³-hybridized carbons (Fsp3) is 0.333. The van der Waals surface area contributed by atoms with Gasteiger partial charge in [0.05, 0.1) is 0 Å². The van der Waals surface area contributed by atoms with Crippen molar-refractivity contribution in [1.29, 1.82) is 0 Å². The summed E-state index contributed by atoms with van der Waals surface area (Å²) in [6.07, 6.45) is 0. The highest BCUT2D eigenvalue weighted by Crippen LogP contribution is 2.20. The van der Waals surface area contributed by atoms with Gasteiger partial charge in [-0.25, -0.2) is 0 Å². The number of thiophene rings is 1. The molecule has 0 radical (unpaired) electrons. The minimum absolute atomic E-state index is 0.151. The van der Waals surface area contributed by atoms with E-state index < -0.39 is 6.61 Å². The molecule has 0 spiro atoms. The SMILES string of the molecule is Cc1ccc(CNC(C)c2ccc(OC(F)F)cc2)s1. The first-order chi connectivity index (χ1) is 9.54. The molecule has 1 aromatic heterocycles. The number of benzene rings is 1. The van der Waals surface area contributed by atoms with Gasteiger partial charge in [-0.3, -0.25) is 0 Å². The van der Waals surface area contributed by atoms with Gasteiger partial charge in [0.2, 0.25) is 0 Å². The van der Waals surface area contributed by atoms with Crippen LogP contribution < -0.4 is 10.1 Å². The molecule has 1 N–H and O–H groups in total. The van der Waals surface area contributed by atoms with Gasteiger partial charge in [-0.1, -0.05) is 12.1 Å². The van der Waals surface area contributed by atoms with Crippen LogP contribution in [0.4, 0.5) is 8.78 Å². The average molecular weight is 297 g/mol. The minimum Gasteiger partial charge on any atom is -0.435 e. The van der Waals surface area contributed by atoms with Gasteiger partial charge in [0, 0.05) is 22.3 Å². The summed E-state index contributed by atoms with van der Waals surface area (Å²) in [7, 11) is 0. The molecule has 2 rings (SSSR count). The van der Waals surface area contributed by atoms with Crippen LogP contribution in [0, 0.1) is 6.92 Å². The zero-order chi connectivity index (χ0) is 14.5. The van der Waals surface area contributed by atoms with E-state index in [0.29, 0.717) is 0 Å². The molecule has 0 amide bonds. The van der Waals surface area contributed by atoms with Gasteiger partial charge in [-0.05, 0) is 43.7 Å². The van der Waals surface area contributed by atoms with Crippen molar-refractivity contribution < 1.29 is 13.5 Å². The number of rotatable bonds is 6. The molecule has 108 valence electrons. The van der Waals surface area contributed by atoms with Crippen molar-refractivity contribution in [1.82, 2.24) is 5.32 Å². The molecule has 20 heavy (non-hydrogen) atoms. The van der Waals surface area contributed by atoms with E-state index in [4.69, 9.17) is 0 Å². The third-order valence-corrected chi connectivity index (χ3v) is 3.98. The quantitative estimate of drug-likeness (QED) is 0.847. The third kappa shape index (κ3) is 4.28. The van der Waals surface area contributed by atoms with E-state index in [9.17, 15) is 8.78 Å². The molecule has 1 aromatic carbocycles. The topological polar surface area (TPSA) is 21.3 Å². The number of hydrogen-bond donors (Lipinski definition) is 1. The zero-order valence-electron chi connectivity index (χ0n) is 11.4. The molecule has 0 aliphatic rings. The monoisotopic (exact) mass is 297 g/mol. The first-order valence-corrected chi connectivity index (χ1v) is 7.19. The maximum Gasteiger partial charge on any atom is 0.387 e. The highest BCUT2D eigenvalue weighted by molar-refractivity contribution is 7.11. The molecule has 1 atom stereocenters. The minimum atomic E-state index is -2.78. The number of halogens is 2. The lowest BCUT2D eigenvalue weighted by Crippen LogP contribution is -2.17. The van der Waals surface area contributed by atoms with Gasteiger partial charge in [0.25, 0.3) is 0 Å². The Hall–Kier alpha value is -1.46. The van der Waals surface area contributed by atoms with Gasteiger partial charge in [0.1, 0.15) is 5.75 Å². The second-order valence-corrected chi connectivity index (χ2v) is 5.93. The van der Waals surface area contributed by atoms with E-state index in [1.807, 2.05) is 6.92 Å². The van der Waals surface area contributed by atoms with Gasteiger partial charge >= 0.3 is 6.61 Å². The summed E-state index contributed by atoms with van der Waals surface area (Å²) in [6, 6.07) is 11.1. The molecule has 1 unspecified atom stereocenters. The van der Waals surface area contributed by atoms with Crippen LogP contribution in [0.25, 0.3) is 0 Å². The van der Waals surface area contributed by atoms with Gasteiger partial charge < -0.3 is 10.1 Å². The first kappa shape index (κ1) is 14.9. The first-order valence-electron chi connectivity index (χ1n) is 6.38. The zero-order valence-corrected chi connectivity index (χ0v) is 12.2. The van der Waals surface area contributed by atoms with Gasteiger partial charge in [0.15, 0.2) is 0 Å². The fourth-order valence-electron chi connectivity index (χ4n) is 1.89. The van der Waals surface area contributed by atoms with Crippen LogP contribution in [0.3, 0.4) is 0 Å². The second kappa shape index (κ2) is 6.81. The Kier molecular flexibility index (Phi) is 5.09. The number of alkyl halides is 2. The van der Waals surface area contributed by atoms with Crippen molar-refractivity contribution in [2.75, 3.05) is 0 Å². The summed E-state index contributed by atoms with van der Waals surface area (Å²) < 4.78 is 28.4. The van der Waals surface area contributed by atoms with Crippen LogP contribution in [0.15, 0.2) is 36.4 Å². The van der Waals surface area contributed by atoms with Crippen LogP contribution in [0.2, 0.25) is 0 Å². The molecule has 0 aliphatic heterocycles. The van der Waals surface area contributed by atoms with Crippen molar-refractivity contribution in [3.8, 4) is 5.75 Å². The van der Waals surface area contributed by atoms with Crippen LogP contribution in [-0.4, -0.2) is 6.61 Å². The summed E-state index contributed by atoms with van der Waals surface area (Å²) in [5.74, 6) is 0.185. The van der Waals surface area contributed by atoms with E-state index in [1.54, 1.807) is 35.6 Å². The predicted octanol–water partition coefficient (Wildman–Crippen LogP) is 4.51. The fourth-order valence-corrected chi connectivity index (χ4v) is 2.73. The number of ether oxygens (including phenoxy) is 1. The van der Waals surface area contributed by atoms with E-state index in [2.05, 4.69) is 29.1 Å². The van der Waals surface area contributed by atoms with E-state index in [-0.39, 0.29) is 11.8 Å². The van der Waals surface area contributed by atoms with Crippen molar-refractivity contribution in [3.05, 3.63) is 51.7 Å². The summed E-state index contributed by atoms with van der Waals surface area (Å²) >= 11 is 1.77. The van der Waals surface area contributed by atoms with Crippen molar-refractivity contribution in [2.24, 2.45) is 0 Å². The lowest BCUT2D eigenvalue weighted by Gasteiger charge is -2.14. The van der Waals surface area contributed by atoms with Crippen molar-refractivity contribution >= 4 is 11.3 Å². The number of nitrogens with one attached hydrogen (secondary N) is 1. The maximum absolute atomic E-state index is 12.1. The van der Waals surface area contributed by atoms with E-state index in [1.165, 1.54) is 9.75 Å². The van der Waals surface area contributed by atoms with Gasteiger partial charge in [-0.2, -0.15) is 8.78 Å². The summed E-state index contributed by atoms with van der Waals surface area (Å²) in [6.45, 7) is 2.15. The summed E-state index contributed by atoms with van der Waals surface area (Å²) in [5.41, 5.74) is 1.04. The number of hydrogen-bond acceptors (Lipinski definition) is 3. The molecular weight excluding hydrogens is 280 g/mol. The maximum atomic E-state index is 12.1. The smallest absolute Gasteiger partial charge is 0.387 e. The lowest BCUT2D eigenvalue weighted by molar-refractivity contribution is -0.0498. The highest BCUT2D eigenvalue weighted by Gasteiger charge is 2.08. The normalized spacial score (nSPS) is 12.7. The third-order valence-electron chi connectivity index (χ3n) is 2.98. The van der Waals surface area contributed by atoms with Crippen LogP contribution in [-0.2, 0) is 6.54 Å². The molecule has 5 heteroatoms. The molecule has 0 saturated heterocycles.